The predicted octanol–water partition coefficient (Wildman–Crippen LogP) is 2.62. The van der Waals surface area contributed by atoms with Crippen molar-refractivity contribution in [1.29, 1.82) is 0 Å². The van der Waals surface area contributed by atoms with Crippen molar-refractivity contribution < 1.29 is 17.6 Å². The van der Waals surface area contributed by atoms with E-state index in [0.717, 1.165) is 5.69 Å². The maximum Gasteiger partial charge on any atom is 0.257 e. The Balaban J connectivity index is 1.39. The Morgan fingerprint density at radius 1 is 0.970 bits per heavy atom. The first-order chi connectivity index (χ1) is 15.9. The van der Waals surface area contributed by atoms with Crippen molar-refractivity contribution in [2.45, 2.75) is 12.5 Å². The molecule has 2 aromatic carbocycles. The molecule has 5 rings (SSSR count). The van der Waals surface area contributed by atoms with Crippen LogP contribution in [-0.2, 0) is 9.84 Å². The largest absolute Gasteiger partial charge is 0.336 e. The summed E-state index contributed by atoms with van der Waals surface area (Å²) in [6.07, 6.45) is 2.39. The number of benzene rings is 2. The summed E-state index contributed by atoms with van der Waals surface area (Å²) in [5.74, 6) is -0.0231. The molecule has 3 aromatic rings. The first kappa shape index (κ1) is 21.8. The Kier molecular flexibility index (Phi) is 5.76. The van der Waals surface area contributed by atoms with Crippen molar-refractivity contribution in [3.63, 3.8) is 0 Å². The molecule has 2 aliphatic heterocycles. The topological polar surface area (TPSA) is 75.5 Å². The Bertz CT molecular complexity index is 1250. The van der Waals surface area contributed by atoms with E-state index in [9.17, 15) is 17.6 Å². The number of piperazine rings is 1. The van der Waals surface area contributed by atoms with Gasteiger partial charge in [-0.2, -0.15) is 5.10 Å². The summed E-state index contributed by atoms with van der Waals surface area (Å²) in [5, 5.41) is 4.66. The minimum Gasteiger partial charge on any atom is -0.336 e. The van der Waals surface area contributed by atoms with E-state index >= 15 is 0 Å². The third-order valence-electron chi connectivity index (χ3n) is 6.41. The summed E-state index contributed by atoms with van der Waals surface area (Å²) in [7, 11) is -2.94. The summed E-state index contributed by atoms with van der Waals surface area (Å²) in [4.78, 5) is 17.5. The molecule has 0 N–H and O–H groups in total. The van der Waals surface area contributed by atoms with Crippen LogP contribution in [0.1, 0.15) is 16.8 Å². The zero-order chi connectivity index (χ0) is 23.0. The zero-order valence-corrected chi connectivity index (χ0v) is 18.9. The first-order valence-corrected chi connectivity index (χ1v) is 12.9. The SMILES string of the molecule is O=C(c1cn(-c2ccccc2)nc1-c1ccc(F)cc1)N1CCN([C@@H]2CCS(=O)(=O)C2)CC1. The van der Waals surface area contributed by atoms with Crippen molar-refractivity contribution in [2.24, 2.45) is 0 Å². The molecule has 7 nitrogen and oxygen atoms in total. The number of hydrogen-bond donors (Lipinski definition) is 0. The molecule has 0 bridgehead atoms. The fraction of sp³-hybridized carbons (Fsp3) is 0.333. The molecule has 172 valence electrons. The van der Waals surface area contributed by atoms with Crippen LogP contribution in [0.15, 0.2) is 60.8 Å². The molecule has 0 unspecified atom stereocenters. The van der Waals surface area contributed by atoms with Crippen LogP contribution in [0.5, 0.6) is 0 Å². The van der Waals surface area contributed by atoms with Gasteiger partial charge in [0.1, 0.15) is 11.5 Å². The molecule has 0 aliphatic carbocycles. The van der Waals surface area contributed by atoms with Crippen LogP contribution >= 0.6 is 0 Å². The van der Waals surface area contributed by atoms with Gasteiger partial charge in [-0.05, 0) is 42.8 Å². The number of nitrogens with zero attached hydrogens (tertiary/aromatic N) is 4. The molecular formula is C24H25FN4O3S. The van der Waals surface area contributed by atoms with E-state index in [4.69, 9.17) is 0 Å². The van der Waals surface area contributed by atoms with Gasteiger partial charge in [0, 0.05) is 44.0 Å². The lowest BCUT2D eigenvalue weighted by Gasteiger charge is -2.37. The van der Waals surface area contributed by atoms with Crippen LogP contribution in [0, 0.1) is 5.82 Å². The van der Waals surface area contributed by atoms with Crippen molar-refractivity contribution in [1.82, 2.24) is 19.6 Å². The summed E-state index contributed by atoms with van der Waals surface area (Å²) in [6, 6.07) is 15.5. The van der Waals surface area contributed by atoms with Gasteiger partial charge in [0.25, 0.3) is 5.91 Å². The van der Waals surface area contributed by atoms with Gasteiger partial charge in [-0.3, -0.25) is 9.69 Å². The molecule has 0 saturated carbocycles. The molecule has 2 saturated heterocycles. The van der Waals surface area contributed by atoms with Crippen molar-refractivity contribution in [3.05, 3.63) is 72.2 Å². The van der Waals surface area contributed by atoms with Crippen molar-refractivity contribution in [2.75, 3.05) is 37.7 Å². The number of aromatic nitrogens is 2. The maximum absolute atomic E-state index is 13.5. The number of carbonyl (C=O) groups is 1. The molecule has 0 spiro atoms. The predicted molar refractivity (Wildman–Crippen MR) is 123 cm³/mol. The number of para-hydroxylation sites is 1. The van der Waals surface area contributed by atoms with Gasteiger partial charge in [0.2, 0.25) is 0 Å². The number of carbonyl (C=O) groups excluding carboxylic acids is 1. The minimum atomic E-state index is -2.94. The van der Waals surface area contributed by atoms with Gasteiger partial charge in [0.15, 0.2) is 9.84 Å². The van der Waals surface area contributed by atoms with Crippen LogP contribution in [0.2, 0.25) is 0 Å². The number of hydrogen-bond acceptors (Lipinski definition) is 5. The molecule has 2 fully saturated rings. The van der Waals surface area contributed by atoms with Crippen LogP contribution in [0.3, 0.4) is 0 Å². The van der Waals surface area contributed by atoms with E-state index in [2.05, 4.69) is 10.00 Å². The zero-order valence-electron chi connectivity index (χ0n) is 18.1. The van der Waals surface area contributed by atoms with E-state index in [0.29, 0.717) is 49.4 Å². The van der Waals surface area contributed by atoms with Crippen LogP contribution in [0.4, 0.5) is 4.39 Å². The van der Waals surface area contributed by atoms with E-state index in [1.807, 2.05) is 30.3 Å². The normalized spacial score (nSPS) is 20.8. The van der Waals surface area contributed by atoms with Crippen LogP contribution in [0.25, 0.3) is 16.9 Å². The van der Waals surface area contributed by atoms with Gasteiger partial charge in [-0.15, -0.1) is 0 Å². The molecule has 2 aliphatic rings. The van der Waals surface area contributed by atoms with Crippen LogP contribution < -0.4 is 0 Å². The highest BCUT2D eigenvalue weighted by Gasteiger charge is 2.35. The average Bonchev–Trinajstić information content (AvgIpc) is 3.43. The lowest BCUT2D eigenvalue weighted by molar-refractivity contribution is 0.0588. The highest BCUT2D eigenvalue weighted by atomic mass is 32.2. The van der Waals surface area contributed by atoms with E-state index < -0.39 is 9.84 Å². The molecule has 1 atom stereocenters. The summed E-state index contributed by atoms with van der Waals surface area (Å²) < 4.78 is 38.8. The lowest BCUT2D eigenvalue weighted by Crippen LogP contribution is -2.52. The highest BCUT2D eigenvalue weighted by molar-refractivity contribution is 7.91. The molecule has 9 heteroatoms. The Morgan fingerprint density at radius 2 is 1.67 bits per heavy atom. The molecule has 1 amide bonds. The van der Waals surface area contributed by atoms with Gasteiger partial charge in [0.05, 0.1) is 22.8 Å². The van der Waals surface area contributed by atoms with Crippen molar-refractivity contribution in [3.8, 4) is 16.9 Å². The fourth-order valence-electron chi connectivity index (χ4n) is 4.59. The summed E-state index contributed by atoms with van der Waals surface area (Å²) in [5.41, 5.74) is 2.46. The Labute approximate surface area is 192 Å². The van der Waals surface area contributed by atoms with E-state index in [1.54, 1.807) is 27.9 Å². The second kappa shape index (κ2) is 8.72. The smallest absolute Gasteiger partial charge is 0.257 e. The quantitative estimate of drug-likeness (QED) is 0.589. The van der Waals surface area contributed by atoms with Gasteiger partial charge in [-0.25, -0.2) is 17.5 Å². The van der Waals surface area contributed by atoms with Crippen LogP contribution in [-0.4, -0.2) is 77.6 Å². The van der Waals surface area contributed by atoms with Crippen molar-refractivity contribution >= 4 is 15.7 Å². The van der Waals surface area contributed by atoms with E-state index in [1.165, 1.54) is 12.1 Å². The maximum atomic E-state index is 13.5. The lowest BCUT2D eigenvalue weighted by atomic mass is 10.1. The minimum absolute atomic E-state index is 0.0443. The summed E-state index contributed by atoms with van der Waals surface area (Å²) >= 11 is 0. The second-order valence-electron chi connectivity index (χ2n) is 8.56. The molecule has 0 radical (unpaired) electrons. The number of halogens is 1. The highest BCUT2D eigenvalue weighted by Crippen LogP contribution is 2.26. The average molecular weight is 469 g/mol. The molecule has 33 heavy (non-hydrogen) atoms. The third-order valence-corrected chi connectivity index (χ3v) is 8.16. The van der Waals surface area contributed by atoms with Gasteiger partial charge >= 0.3 is 0 Å². The fourth-order valence-corrected chi connectivity index (χ4v) is 6.35. The van der Waals surface area contributed by atoms with Gasteiger partial charge in [-0.1, -0.05) is 18.2 Å². The standard InChI is InChI=1S/C24H25FN4O3S/c25-19-8-6-18(7-9-19)23-22(16-29(26-23)20-4-2-1-3-5-20)24(30)28-13-11-27(12-14-28)21-10-15-33(31,32)17-21/h1-9,16,21H,10-15,17H2/t21-/m1/s1. The number of sulfone groups is 1. The molecule has 1 aromatic heterocycles. The third kappa shape index (κ3) is 4.56. The molecule has 3 heterocycles. The van der Waals surface area contributed by atoms with Gasteiger partial charge < -0.3 is 4.90 Å². The van der Waals surface area contributed by atoms with E-state index in [-0.39, 0.29) is 29.3 Å². The first-order valence-electron chi connectivity index (χ1n) is 11.0. The Morgan fingerprint density at radius 3 is 2.30 bits per heavy atom. The molecular weight excluding hydrogens is 443 g/mol. The number of amides is 1. The summed E-state index contributed by atoms with van der Waals surface area (Å²) in [6.45, 7) is 2.33. The Hall–Kier alpha value is -3.04. The monoisotopic (exact) mass is 468 g/mol. The number of rotatable bonds is 4. The second-order valence-corrected chi connectivity index (χ2v) is 10.8.